The lowest BCUT2D eigenvalue weighted by Crippen LogP contribution is -2.44. The molecule has 0 aliphatic carbocycles. The van der Waals surface area contributed by atoms with Crippen LogP contribution in [-0.2, 0) is 9.53 Å². The van der Waals surface area contributed by atoms with Crippen LogP contribution < -0.4 is 15.4 Å². The maximum atomic E-state index is 11.3. The summed E-state index contributed by atoms with van der Waals surface area (Å²) in [6.45, 7) is 6.00. The fourth-order valence-electron chi connectivity index (χ4n) is 2.30. The Morgan fingerprint density at radius 2 is 2.00 bits per heavy atom. The van der Waals surface area contributed by atoms with Crippen molar-refractivity contribution in [2.75, 3.05) is 57.1 Å². The fourth-order valence-corrected chi connectivity index (χ4v) is 2.30. The van der Waals surface area contributed by atoms with Gasteiger partial charge < -0.3 is 25.0 Å². The average Bonchev–Trinajstić information content (AvgIpc) is 2.47. The van der Waals surface area contributed by atoms with Crippen molar-refractivity contribution in [1.82, 2.24) is 4.90 Å². The highest BCUT2D eigenvalue weighted by Crippen LogP contribution is 2.28. The van der Waals surface area contributed by atoms with Crippen molar-refractivity contribution in [2.45, 2.75) is 6.92 Å². The quantitative estimate of drug-likeness (QED) is 0.644. The number of hydrogen-bond donors (Lipinski definition) is 1. The number of carbonyl (C=O) groups is 1. The van der Waals surface area contributed by atoms with Gasteiger partial charge in [-0.15, -0.1) is 0 Å². The number of ether oxygens (including phenoxy) is 2. The first-order valence-corrected chi connectivity index (χ1v) is 7.21. The van der Waals surface area contributed by atoms with E-state index in [1.807, 2.05) is 12.1 Å². The molecular formula is C15H23N3O3. The number of likely N-dealkylation sites (N-methyl/N-ethyl adjacent to an activating group) is 1. The number of nitrogens with zero attached hydrogens (tertiary/aromatic N) is 2. The van der Waals surface area contributed by atoms with Crippen LogP contribution in [0, 0.1) is 0 Å². The summed E-state index contributed by atoms with van der Waals surface area (Å²) in [5, 5.41) is 0. The molecule has 0 radical (unpaired) electrons. The second-order valence-corrected chi connectivity index (χ2v) is 5.10. The van der Waals surface area contributed by atoms with Gasteiger partial charge in [-0.3, -0.25) is 0 Å². The van der Waals surface area contributed by atoms with E-state index in [1.165, 1.54) is 0 Å². The van der Waals surface area contributed by atoms with Gasteiger partial charge in [0.1, 0.15) is 5.75 Å². The predicted octanol–water partition coefficient (Wildman–Crippen LogP) is 0.963. The highest BCUT2D eigenvalue weighted by atomic mass is 16.6. The van der Waals surface area contributed by atoms with Gasteiger partial charge in [0.2, 0.25) is 0 Å². The maximum Gasteiger partial charge on any atom is 0.344 e. The molecule has 0 atom stereocenters. The summed E-state index contributed by atoms with van der Waals surface area (Å²) >= 11 is 0. The van der Waals surface area contributed by atoms with Crippen molar-refractivity contribution < 1.29 is 14.3 Å². The van der Waals surface area contributed by atoms with Crippen molar-refractivity contribution >= 4 is 17.3 Å². The molecule has 0 aromatic heterocycles. The first-order chi connectivity index (χ1) is 10.1. The summed E-state index contributed by atoms with van der Waals surface area (Å²) < 4.78 is 10.2. The Balaban J connectivity index is 1.95. The van der Waals surface area contributed by atoms with Crippen molar-refractivity contribution in [1.29, 1.82) is 0 Å². The average molecular weight is 293 g/mol. The lowest BCUT2D eigenvalue weighted by atomic mass is 10.2. The number of nitrogen functional groups attached to an aromatic ring is 1. The topological polar surface area (TPSA) is 68.0 Å². The van der Waals surface area contributed by atoms with E-state index in [0.717, 1.165) is 31.9 Å². The summed E-state index contributed by atoms with van der Waals surface area (Å²) in [6, 6.07) is 5.54. The molecule has 2 rings (SSSR count). The molecule has 0 saturated carbocycles. The number of piperazine rings is 1. The largest absolute Gasteiger partial charge is 0.482 e. The molecule has 21 heavy (non-hydrogen) atoms. The Labute approximate surface area is 125 Å². The van der Waals surface area contributed by atoms with E-state index in [4.69, 9.17) is 15.2 Å². The first-order valence-electron chi connectivity index (χ1n) is 7.21. The van der Waals surface area contributed by atoms with Crippen LogP contribution in [0.4, 0.5) is 11.4 Å². The van der Waals surface area contributed by atoms with E-state index in [1.54, 1.807) is 13.0 Å². The zero-order valence-electron chi connectivity index (χ0n) is 12.7. The van der Waals surface area contributed by atoms with Crippen molar-refractivity contribution in [3.05, 3.63) is 18.2 Å². The van der Waals surface area contributed by atoms with E-state index in [2.05, 4.69) is 16.8 Å². The second kappa shape index (κ2) is 7.17. The third-order valence-electron chi connectivity index (χ3n) is 3.50. The monoisotopic (exact) mass is 293 g/mol. The van der Waals surface area contributed by atoms with Crippen LogP contribution in [0.3, 0.4) is 0 Å². The van der Waals surface area contributed by atoms with Gasteiger partial charge in [-0.2, -0.15) is 0 Å². The smallest absolute Gasteiger partial charge is 0.344 e. The normalized spacial score (nSPS) is 15.8. The molecule has 1 aliphatic heterocycles. The summed E-state index contributed by atoms with van der Waals surface area (Å²) in [6.07, 6.45) is 0. The van der Waals surface area contributed by atoms with Gasteiger partial charge in [-0.05, 0) is 26.1 Å². The molecule has 0 unspecified atom stereocenters. The lowest BCUT2D eigenvalue weighted by Gasteiger charge is -2.34. The van der Waals surface area contributed by atoms with Crippen LogP contribution in [-0.4, -0.2) is 57.3 Å². The first kappa shape index (κ1) is 15.4. The Hall–Kier alpha value is -1.95. The van der Waals surface area contributed by atoms with Crippen molar-refractivity contribution in [3.8, 4) is 5.75 Å². The number of hydrogen-bond acceptors (Lipinski definition) is 6. The highest BCUT2D eigenvalue weighted by Gasteiger charge is 2.16. The molecule has 1 aromatic rings. The molecule has 6 heteroatoms. The molecule has 0 amide bonds. The molecule has 1 aromatic carbocycles. The number of carbonyl (C=O) groups excluding carboxylic acids is 1. The molecule has 2 N–H and O–H groups in total. The van der Waals surface area contributed by atoms with Crippen LogP contribution in [0.1, 0.15) is 6.92 Å². The summed E-state index contributed by atoms with van der Waals surface area (Å²) in [4.78, 5) is 15.8. The van der Waals surface area contributed by atoms with Crippen LogP contribution in [0.15, 0.2) is 18.2 Å². The summed E-state index contributed by atoms with van der Waals surface area (Å²) in [5.74, 6) is 0.206. The molecule has 6 nitrogen and oxygen atoms in total. The van der Waals surface area contributed by atoms with Crippen LogP contribution in [0.5, 0.6) is 5.75 Å². The minimum Gasteiger partial charge on any atom is -0.482 e. The molecule has 0 bridgehead atoms. The van der Waals surface area contributed by atoms with Gasteiger partial charge in [0.05, 0.1) is 18.0 Å². The third-order valence-corrected chi connectivity index (χ3v) is 3.50. The number of esters is 1. The Bertz CT molecular complexity index is 485. The Morgan fingerprint density at radius 3 is 2.62 bits per heavy atom. The van der Waals surface area contributed by atoms with Gasteiger partial charge in [0.25, 0.3) is 0 Å². The van der Waals surface area contributed by atoms with Gasteiger partial charge in [0.15, 0.2) is 6.61 Å². The highest BCUT2D eigenvalue weighted by molar-refractivity contribution is 5.72. The van der Waals surface area contributed by atoms with Crippen molar-refractivity contribution in [2.24, 2.45) is 0 Å². The van der Waals surface area contributed by atoms with Gasteiger partial charge in [-0.25, -0.2) is 4.79 Å². The molecule has 1 fully saturated rings. The minimum atomic E-state index is -0.376. The van der Waals surface area contributed by atoms with Crippen molar-refractivity contribution in [3.63, 3.8) is 0 Å². The van der Waals surface area contributed by atoms with E-state index >= 15 is 0 Å². The van der Waals surface area contributed by atoms with Gasteiger partial charge in [-0.1, -0.05) is 0 Å². The van der Waals surface area contributed by atoms with Gasteiger partial charge >= 0.3 is 5.97 Å². The minimum absolute atomic E-state index is 0.0961. The standard InChI is InChI=1S/C15H23N3O3/c1-3-20-15(19)11-21-12-4-5-14(13(16)10-12)18-8-6-17(2)7-9-18/h4-5,10H,3,6-9,11,16H2,1-2H3. The SMILES string of the molecule is CCOC(=O)COc1ccc(N2CCN(C)CC2)c(N)c1. The molecule has 1 saturated heterocycles. The summed E-state index contributed by atoms with van der Waals surface area (Å²) in [5.41, 5.74) is 7.79. The Kier molecular flexibility index (Phi) is 5.27. The second-order valence-electron chi connectivity index (χ2n) is 5.10. The zero-order valence-corrected chi connectivity index (χ0v) is 12.7. The number of rotatable bonds is 5. The van der Waals surface area contributed by atoms with E-state index in [0.29, 0.717) is 18.0 Å². The van der Waals surface area contributed by atoms with Crippen LogP contribution >= 0.6 is 0 Å². The van der Waals surface area contributed by atoms with Gasteiger partial charge in [0, 0.05) is 32.2 Å². The molecule has 116 valence electrons. The molecule has 0 spiro atoms. The number of benzene rings is 1. The van der Waals surface area contributed by atoms with E-state index in [9.17, 15) is 4.79 Å². The predicted molar refractivity (Wildman–Crippen MR) is 82.7 cm³/mol. The van der Waals surface area contributed by atoms with E-state index < -0.39 is 0 Å². The number of nitrogens with two attached hydrogens (primary N) is 1. The third kappa shape index (κ3) is 4.26. The van der Waals surface area contributed by atoms with Crippen LogP contribution in [0.2, 0.25) is 0 Å². The van der Waals surface area contributed by atoms with Crippen LogP contribution in [0.25, 0.3) is 0 Å². The molecule has 1 aliphatic rings. The fraction of sp³-hybridized carbons (Fsp3) is 0.533. The lowest BCUT2D eigenvalue weighted by molar-refractivity contribution is -0.145. The van der Waals surface area contributed by atoms with E-state index in [-0.39, 0.29) is 12.6 Å². The summed E-state index contributed by atoms with van der Waals surface area (Å²) in [7, 11) is 2.12. The number of anilines is 2. The zero-order chi connectivity index (χ0) is 15.2. The molecule has 1 heterocycles. The Morgan fingerprint density at radius 1 is 1.29 bits per heavy atom. The molecular weight excluding hydrogens is 270 g/mol. The maximum absolute atomic E-state index is 11.3.